The van der Waals surface area contributed by atoms with Crippen LogP contribution in [0.25, 0.3) is 0 Å². The third kappa shape index (κ3) is 3.10. The molecule has 94 valence electrons. The van der Waals surface area contributed by atoms with Crippen molar-refractivity contribution in [3.63, 3.8) is 0 Å². The van der Waals surface area contributed by atoms with Gasteiger partial charge in [-0.1, -0.05) is 0 Å². The third-order valence-electron chi connectivity index (χ3n) is 2.46. The van der Waals surface area contributed by atoms with Gasteiger partial charge in [-0.2, -0.15) is 0 Å². The number of nitrogens with zero attached hydrogens (tertiary/aromatic N) is 2. The zero-order chi connectivity index (χ0) is 13.0. The lowest BCUT2D eigenvalue weighted by Crippen LogP contribution is -2.09. The highest BCUT2D eigenvalue weighted by Crippen LogP contribution is 2.23. The smallest absolute Gasteiger partial charge is 0.335 e. The fourth-order valence-electron chi connectivity index (χ4n) is 1.53. The van der Waals surface area contributed by atoms with Crippen molar-refractivity contribution in [2.24, 2.45) is 0 Å². The predicted octanol–water partition coefficient (Wildman–Crippen LogP) is 2.46. The Kier molecular flexibility index (Phi) is 3.99. The van der Waals surface area contributed by atoms with Gasteiger partial charge in [0.2, 0.25) is 0 Å². The Labute approximate surface area is 113 Å². The van der Waals surface area contributed by atoms with E-state index in [1.807, 2.05) is 10.8 Å². The maximum Gasteiger partial charge on any atom is 0.335 e. The number of carboxylic acid groups (broad SMARTS) is 1. The van der Waals surface area contributed by atoms with E-state index in [-0.39, 0.29) is 5.56 Å². The van der Waals surface area contributed by atoms with E-state index >= 15 is 0 Å². The van der Waals surface area contributed by atoms with Crippen molar-refractivity contribution >= 4 is 27.6 Å². The van der Waals surface area contributed by atoms with Crippen molar-refractivity contribution < 1.29 is 9.90 Å². The van der Waals surface area contributed by atoms with Gasteiger partial charge in [0, 0.05) is 35.6 Å². The number of benzene rings is 1. The number of anilines is 1. The second kappa shape index (κ2) is 5.68. The average molecular weight is 310 g/mol. The first-order valence-corrected chi connectivity index (χ1v) is 6.18. The maximum atomic E-state index is 10.8. The van der Waals surface area contributed by atoms with Gasteiger partial charge in [-0.25, -0.2) is 9.78 Å². The number of halogens is 1. The minimum absolute atomic E-state index is 0.266. The monoisotopic (exact) mass is 309 g/mol. The molecule has 1 aromatic carbocycles. The summed E-state index contributed by atoms with van der Waals surface area (Å²) in [5.74, 6) is -0.930. The van der Waals surface area contributed by atoms with E-state index in [0.717, 1.165) is 23.2 Å². The summed E-state index contributed by atoms with van der Waals surface area (Å²) in [6.07, 6.45) is 5.38. The van der Waals surface area contributed by atoms with Gasteiger partial charge >= 0.3 is 5.97 Å². The summed E-state index contributed by atoms with van der Waals surface area (Å²) in [6, 6.07) is 4.91. The van der Waals surface area contributed by atoms with Crippen molar-refractivity contribution in [2.45, 2.75) is 6.54 Å². The number of rotatable bonds is 5. The molecule has 2 rings (SSSR count). The Morgan fingerprint density at radius 3 is 2.94 bits per heavy atom. The summed E-state index contributed by atoms with van der Waals surface area (Å²) < 4.78 is 2.71. The van der Waals surface area contributed by atoms with Crippen LogP contribution in [-0.2, 0) is 6.54 Å². The average Bonchev–Trinajstić information content (AvgIpc) is 2.84. The molecule has 18 heavy (non-hydrogen) atoms. The minimum atomic E-state index is -0.930. The molecular weight excluding hydrogens is 298 g/mol. The number of carbonyl (C=O) groups is 1. The van der Waals surface area contributed by atoms with Crippen LogP contribution in [0.3, 0.4) is 0 Å². The minimum Gasteiger partial charge on any atom is -0.478 e. The number of nitrogens with one attached hydrogen (secondary N) is 1. The molecular formula is C12H12BrN3O2. The molecule has 2 aromatic rings. The van der Waals surface area contributed by atoms with E-state index in [9.17, 15) is 4.79 Å². The summed E-state index contributed by atoms with van der Waals surface area (Å²) in [6.45, 7) is 1.54. The maximum absolute atomic E-state index is 10.8. The Morgan fingerprint density at radius 1 is 1.50 bits per heavy atom. The van der Waals surface area contributed by atoms with Crippen LogP contribution < -0.4 is 5.32 Å². The van der Waals surface area contributed by atoms with Gasteiger partial charge in [-0.15, -0.1) is 0 Å². The van der Waals surface area contributed by atoms with Gasteiger partial charge in [0.1, 0.15) is 0 Å². The zero-order valence-electron chi connectivity index (χ0n) is 9.51. The Bertz CT molecular complexity index is 540. The van der Waals surface area contributed by atoms with Crippen molar-refractivity contribution in [2.75, 3.05) is 11.9 Å². The van der Waals surface area contributed by atoms with Gasteiger partial charge in [0.25, 0.3) is 0 Å². The van der Waals surface area contributed by atoms with Gasteiger partial charge < -0.3 is 15.0 Å². The second-order valence-electron chi connectivity index (χ2n) is 3.73. The molecule has 0 bridgehead atoms. The topological polar surface area (TPSA) is 67.2 Å². The first-order valence-electron chi connectivity index (χ1n) is 5.39. The van der Waals surface area contributed by atoms with Crippen LogP contribution >= 0.6 is 15.9 Å². The molecule has 0 saturated heterocycles. The summed E-state index contributed by atoms with van der Waals surface area (Å²) in [5, 5.41) is 12.1. The molecule has 0 saturated carbocycles. The van der Waals surface area contributed by atoms with Crippen LogP contribution in [0.5, 0.6) is 0 Å². The normalized spacial score (nSPS) is 10.3. The molecule has 0 aliphatic heterocycles. The number of hydrogen-bond donors (Lipinski definition) is 2. The Balaban J connectivity index is 1.95. The molecule has 0 amide bonds. The summed E-state index contributed by atoms with van der Waals surface area (Å²) in [4.78, 5) is 14.7. The fraction of sp³-hybridized carbons (Fsp3) is 0.167. The molecule has 5 nitrogen and oxygen atoms in total. The lowest BCUT2D eigenvalue weighted by molar-refractivity contribution is 0.0697. The van der Waals surface area contributed by atoms with Crippen LogP contribution in [0.1, 0.15) is 10.4 Å². The van der Waals surface area contributed by atoms with E-state index in [0.29, 0.717) is 0 Å². The number of aromatic carboxylic acids is 1. The third-order valence-corrected chi connectivity index (χ3v) is 3.12. The van der Waals surface area contributed by atoms with Crippen molar-refractivity contribution in [3.05, 3.63) is 47.0 Å². The molecule has 0 radical (unpaired) electrons. The number of carboxylic acids is 1. The first-order chi connectivity index (χ1) is 8.66. The largest absolute Gasteiger partial charge is 0.478 e. The van der Waals surface area contributed by atoms with Crippen molar-refractivity contribution in [1.82, 2.24) is 9.55 Å². The van der Waals surface area contributed by atoms with Crippen LogP contribution in [-0.4, -0.2) is 27.2 Å². The molecule has 1 heterocycles. The molecule has 0 atom stereocenters. The highest BCUT2D eigenvalue weighted by Gasteiger charge is 2.06. The number of imidazole rings is 1. The van der Waals surface area contributed by atoms with Gasteiger partial charge in [-0.3, -0.25) is 0 Å². The molecule has 6 heteroatoms. The van der Waals surface area contributed by atoms with E-state index < -0.39 is 5.97 Å². The summed E-state index contributed by atoms with van der Waals surface area (Å²) in [5.41, 5.74) is 1.14. The quantitative estimate of drug-likeness (QED) is 0.890. The first kappa shape index (κ1) is 12.6. The SMILES string of the molecule is O=C(O)c1ccc(NCCn2ccnc2)c(Br)c1. The van der Waals surface area contributed by atoms with Crippen LogP contribution in [0.2, 0.25) is 0 Å². The number of aromatic nitrogens is 2. The van der Waals surface area contributed by atoms with Crippen LogP contribution in [0.15, 0.2) is 41.4 Å². The summed E-state index contributed by atoms with van der Waals surface area (Å²) in [7, 11) is 0. The van der Waals surface area contributed by atoms with Gasteiger partial charge in [0.05, 0.1) is 11.9 Å². The lowest BCUT2D eigenvalue weighted by Gasteiger charge is -2.09. The van der Waals surface area contributed by atoms with Crippen LogP contribution in [0, 0.1) is 0 Å². The van der Waals surface area contributed by atoms with Gasteiger partial charge in [-0.05, 0) is 34.1 Å². The van der Waals surface area contributed by atoms with Crippen LogP contribution in [0.4, 0.5) is 5.69 Å². The second-order valence-corrected chi connectivity index (χ2v) is 4.58. The van der Waals surface area contributed by atoms with E-state index in [1.165, 1.54) is 0 Å². The molecule has 2 N–H and O–H groups in total. The molecule has 0 spiro atoms. The van der Waals surface area contributed by atoms with Crippen molar-refractivity contribution in [1.29, 1.82) is 0 Å². The Morgan fingerprint density at radius 2 is 2.33 bits per heavy atom. The lowest BCUT2D eigenvalue weighted by atomic mass is 10.2. The standard InChI is InChI=1S/C12H12BrN3O2/c13-10-7-9(12(17)18)1-2-11(10)15-4-6-16-5-3-14-8-16/h1-3,5,7-8,15H,4,6H2,(H,17,18). The van der Waals surface area contributed by atoms with Crippen molar-refractivity contribution in [3.8, 4) is 0 Å². The highest BCUT2D eigenvalue weighted by atomic mass is 79.9. The highest BCUT2D eigenvalue weighted by molar-refractivity contribution is 9.10. The zero-order valence-corrected chi connectivity index (χ0v) is 11.1. The molecule has 1 aromatic heterocycles. The molecule has 0 aliphatic rings. The Hall–Kier alpha value is -1.82. The summed E-state index contributed by atoms with van der Waals surface area (Å²) >= 11 is 3.35. The van der Waals surface area contributed by atoms with Gasteiger partial charge in [0.15, 0.2) is 0 Å². The number of hydrogen-bond acceptors (Lipinski definition) is 3. The van der Waals surface area contributed by atoms with E-state index in [2.05, 4.69) is 26.2 Å². The van der Waals surface area contributed by atoms with E-state index in [1.54, 1.807) is 30.7 Å². The molecule has 0 unspecified atom stereocenters. The predicted molar refractivity (Wildman–Crippen MR) is 71.8 cm³/mol. The van der Waals surface area contributed by atoms with E-state index in [4.69, 9.17) is 5.11 Å². The molecule has 0 fully saturated rings. The molecule has 0 aliphatic carbocycles. The fourth-order valence-corrected chi connectivity index (χ4v) is 2.05.